The fraction of sp³-hybridized carbons (Fsp3) is 0.333. The van der Waals surface area contributed by atoms with Gasteiger partial charge in [-0.05, 0) is 43.0 Å². The lowest BCUT2D eigenvalue weighted by Gasteiger charge is -2.01. The maximum absolute atomic E-state index is 4.00. The molecule has 16 heavy (non-hydrogen) atoms. The second-order valence-electron chi connectivity index (χ2n) is 3.98. The first-order valence-corrected chi connectivity index (χ1v) is 6.35. The van der Waals surface area contributed by atoms with E-state index < -0.39 is 0 Å². The number of hydrogen-bond donors (Lipinski definition) is 1. The van der Waals surface area contributed by atoms with Gasteiger partial charge in [-0.2, -0.15) is 5.10 Å². The van der Waals surface area contributed by atoms with E-state index in [4.69, 9.17) is 0 Å². The van der Waals surface area contributed by atoms with Crippen LogP contribution in [0.1, 0.15) is 21.7 Å². The summed E-state index contributed by atoms with van der Waals surface area (Å²) in [4.78, 5) is 2.98. The van der Waals surface area contributed by atoms with Crippen LogP contribution in [0.4, 0.5) is 5.82 Å². The van der Waals surface area contributed by atoms with E-state index in [0.29, 0.717) is 0 Å². The van der Waals surface area contributed by atoms with Gasteiger partial charge in [0.25, 0.3) is 0 Å². The maximum atomic E-state index is 4.00. The van der Waals surface area contributed by atoms with Gasteiger partial charge in [0.2, 0.25) is 0 Å². The van der Waals surface area contributed by atoms with Gasteiger partial charge in [0.05, 0.1) is 6.54 Å². The first-order valence-electron chi connectivity index (χ1n) is 5.54. The van der Waals surface area contributed by atoms with Crippen LogP contribution in [0.5, 0.6) is 0 Å². The minimum atomic E-state index is 0.844. The molecule has 0 unspecified atom stereocenters. The Labute approximate surface area is 98.5 Å². The van der Waals surface area contributed by atoms with Crippen LogP contribution in [0.2, 0.25) is 0 Å². The van der Waals surface area contributed by atoms with Crippen LogP contribution in [-0.4, -0.2) is 10.2 Å². The molecule has 82 valence electrons. The van der Waals surface area contributed by atoms with E-state index >= 15 is 0 Å². The van der Waals surface area contributed by atoms with Gasteiger partial charge in [-0.1, -0.05) is 0 Å². The Morgan fingerprint density at radius 2 is 2.38 bits per heavy atom. The summed E-state index contributed by atoms with van der Waals surface area (Å²) in [5.74, 6) is 0.844. The smallest absolute Gasteiger partial charge is 0.148 e. The Kier molecular flexibility index (Phi) is 2.58. The summed E-state index contributed by atoms with van der Waals surface area (Å²) >= 11 is 1.93. The number of nitrogens with one attached hydrogen (secondary N) is 1. The summed E-state index contributed by atoms with van der Waals surface area (Å²) < 4.78 is 0. The van der Waals surface area contributed by atoms with E-state index in [1.807, 2.05) is 23.5 Å². The van der Waals surface area contributed by atoms with Gasteiger partial charge >= 0.3 is 0 Å². The third kappa shape index (κ3) is 1.93. The van der Waals surface area contributed by atoms with Crippen LogP contribution in [0.25, 0.3) is 0 Å². The molecule has 0 amide bonds. The molecule has 0 fully saturated rings. The molecule has 0 spiro atoms. The summed E-state index contributed by atoms with van der Waals surface area (Å²) in [6, 6.07) is 6.16. The summed E-state index contributed by atoms with van der Waals surface area (Å²) in [5.41, 5.74) is 1.56. The normalized spacial score (nSPS) is 13.8. The molecule has 4 heteroatoms. The molecular weight excluding hydrogens is 218 g/mol. The quantitative estimate of drug-likeness (QED) is 0.882. The fourth-order valence-electron chi connectivity index (χ4n) is 2.05. The third-order valence-corrected chi connectivity index (χ3v) is 4.05. The Hall–Kier alpha value is -1.42. The molecule has 3 nitrogen and oxygen atoms in total. The van der Waals surface area contributed by atoms with Crippen molar-refractivity contribution in [3.05, 3.63) is 39.7 Å². The Bertz CT molecular complexity index is 457. The number of nitrogens with zero attached hydrogens (tertiary/aromatic N) is 2. The van der Waals surface area contributed by atoms with Crippen LogP contribution >= 0.6 is 11.3 Å². The summed E-state index contributed by atoms with van der Waals surface area (Å²) in [7, 11) is 0. The van der Waals surface area contributed by atoms with Gasteiger partial charge in [-0.25, -0.2) is 0 Å². The lowest BCUT2D eigenvalue weighted by Crippen LogP contribution is -2.00. The highest BCUT2D eigenvalue weighted by molar-refractivity contribution is 7.12. The lowest BCUT2D eigenvalue weighted by atomic mass is 10.2. The van der Waals surface area contributed by atoms with Crippen molar-refractivity contribution in [2.45, 2.75) is 25.8 Å². The van der Waals surface area contributed by atoms with Gasteiger partial charge in [-0.15, -0.1) is 16.4 Å². The third-order valence-electron chi connectivity index (χ3n) is 2.81. The van der Waals surface area contributed by atoms with Crippen molar-refractivity contribution in [3.63, 3.8) is 0 Å². The molecule has 0 aromatic carbocycles. The largest absolute Gasteiger partial charge is 0.364 e. The molecule has 0 radical (unpaired) electrons. The van der Waals surface area contributed by atoms with Crippen LogP contribution < -0.4 is 5.32 Å². The summed E-state index contributed by atoms with van der Waals surface area (Å²) in [5, 5.41) is 11.1. The molecule has 2 aromatic heterocycles. The van der Waals surface area contributed by atoms with Crippen molar-refractivity contribution in [2.24, 2.45) is 0 Å². The molecule has 0 bridgehead atoms. The lowest BCUT2D eigenvalue weighted by molar-refractivity contribution is 0.913. The molecule has 2 heterocycles. The van der Waals surface area contributed by atoms with Gasteiger partial charge in [0, 0.05) is 16.0 Å². The van der Waals surface area contributed by atoms with E-state index in [-0.39, 0.29) is 0 Å². The number of aromatic nitrogens is 2. The van der Waals surface area contributed by atoms with Crippen LogP contribution in [0.3, 0.4) is 0 Å². The molecule has 0 atom stereocenters. The highest BCUT2D eigenvalue weighted by atomic mass is 32.1. The SMILES string of the molecule is c1cnnc(NCc2cc3c(s2)CCC3)c1. The molecule has 0 saturated carbocycles. The zero-order valence-electron chi connectivity index (χ0n) is 8.94. The molecule has 1 aliphatic rings. The van der Waals surface area contributed by atoms with E-state index in [1.165, 1.54) is 24.1 Å². The Morgan fingerprint density at radius 3 is 3.19 bits per heavy atom. The first-order chi connectivity index (χ1) is 7.92. The molecule has 3 rings (SSSR count). The second kappa shape index (κ2) is 4.22. The van der Waals surface area contributed by atoms with Gasteiger partial charge < -0.3 is 5.32 Å². The van der Waals surface area contributed by atoms with Crippen molar-refractivity contribution < 1.29 is 0 Å². The average molecular weight is 231 g/mol. The zero-order valence-corrected chi connectivity index (χ0v) is 9.76. The number of aryl methyl sites for hydroxylation is 2. The van der Waals surface area contributed by atoms with E-state index in [9.17, 15) is 0 Å². The van der Waals surface area contributed by atoms with Gasteiger partial charge in [0.1, 0.15) is 5.82 Å². The number of thiophene rings is 1. The number of fused-ring (bicyclic) bond motifs is 1. The predicted molar refractivity (Wildman–Crippen MR) is 65.7 cm³/mol. The molecule has 0 aliphatic heterocycles. The highest BCUT2D eigenvalue weighted by Gasteiger charge is 2.14. The summed E-state index contributed by atoms with van der Waals surface area (Å²) in [6.45, 7) is 0.858. The minimum absolute atomic E-state index is 0.844. The van der Waals surface area contributed by atoms with Crippen LogP contribution in [0.15, 0.2) is 24.4 Å². The standard InChI is InChI=1S/C12H13N3S/c1-3-9-7-10(16-11(9)4-1)8-13-12-5-2-6-14-15-12/h2,5-7H,1,3-4,8H2,(H,13,15). The van der Waals surface area contributed by atoms with Crippen molar-refractivity contribution in [1.82, 2.24) is 10.2 Å². The summed E-state index contributed by atoms with van der Waals surface area (Å²) in [6.07, 6.45) is 5.55. The van der Waals surface area contributed by atoms with Crippen LogP contribution in [0, 0.1) is 0 Å². The van der Waals surface area contributed by atoms with Crippen molar-refractivity contribution in [1.29, 1.82) is 0 Å². The Balaban J connectivity index is 1.67. The van der Waals surface area contributed by atoms with E-state index in [2.05, 4.69) is 21.6 Å². The van der Waals surface area contributed by atoms with E-state index in [1.54, 1.807) is 16.6 Å². The van der Waals surface area contributed by atoms with Crippen molar-refractivity contribution in [3.8, 4) is 0 Å². The maximum Gasteiger partial charge on any atom is 0.148 e. The average Bonchev–Trinajstić information content (AvgIpc) is 2.88. The highest BCUT2D eigenvalue weighted by Crippen LogP contribution is 2.30. The topological polar surface area (TPSA) is 37.8 Å². The first kappa shape index (κ1) is 9.78. The molecule has 2 aromatic rings. The predicted octanol–water partition coefficient (Wildman–Crippen LogP) is 2.64. The minimum Gasteiger partial charge on any atom is -0.364 e. The molecule has 1 N–H and O–H groups in total. The van der Waals surface area contributed by atoms with Crippen molar-refractivity contribution >= 4 is 17.2 Å². The Morgan fingerprint density at radius 1 is 1.38 bits per heavy atom. The number of anilines is 1. The van der Waals surface area contributed by atoms with Crippen LogP contribution in [-0.2, 0) is 19.4 Å². The number of hydrogen-bond acceptors (Lipinski definition) is 4. The molecule has 1 aliphatic carbocycles. The van der Waals surface area contributed by atoms with Crippen molar-refractivity contribution in [2.75, 3.05) is 5.32 Å². The monoisotopic (exact) mass is 231 g/mol. The van der Waals surface area contributed by atoms with Gasteiger partial charge in [-0.3, -0.25) is 0 Å². The second-order valence-corrected chi connectivity index (χ2v) is 5.20. The molecule has 0 saturated heterocycles. The molecular formula is C12H13N3S. The zero-order chi connectivity index (χ0) is 10.8. The fourth-order valence-corrected chi connectivity index (χ4v) is 3.25. The van der Waals surface area contributed by atoms with Gasteiger partial charge in [0.15, 0.2) is 0 Å². The number of rotatable bonds is 3. The van der Waals surface area contributed by atoms with E-state index in [0.717, 1.165) is 12.4 Å².